The maximum Gasteiger partial charge on any atom is 0.318 e. The second kappa shape index (κ2) is 11.7. The van der Waals surface area contributed by atoms with Crippen LogP contribution in [0.3, 0.4) is 0 Å². The Hall–Kier alpha value is -2.68. The molecule has 4 amide bonds. The molecule has 3 N–H and O–H groups in total. The van der Waals surface area contributed by atoms with E-state index < -0.39 is 11.5 Å². The van der Waals surface area contributed by atoms with Crippen molar-refractivity contribution in [3.63, 3.8) is 0 Å². The third kappa shape index (κ3) is 6.29. The van der Waals surface area contributed by atoms with Crippen molar-refractivity contribution in [3.8, 4) is 0 Å². The molecular formula is C31H46FN5O3. The lowest BCUT2D eigenvalue weighted by Gasteiger charge is -2.48. The Kier molecular flexibility index (Phi) is 8.41. The number of nitrogens with zero attached hydrogens (tertiary/aromatic N) is 2. The zero-order valence-electron chi connectivity index (χ0n) is 24.3. The molecule has 3 heterocycles. The summed E-state index contributed by atoms with van der Waals surface area (Å²) in [7, 11) is 0. The SMILES string of the molecule is CC(C)(C)NC(=O)C1(C2CCCCC2)CCN(C(=O)[C@@H](Cc2ccc(F)cc2)NC(=O)N2CC3CC2CN3)CC1. The molecule has 0 spiro atoms. The average Bonchev–Trinajstić information content (AvgIpc) is 3.57. The molecule has 2 unspecified atom stereocenters. The number of hydrogen-bond acceptors (Lipinski definition) is 4. The zero-order chi connectivity index (χ0) is 28.5. The quantitative estimate of drug-likeness (QED) is 0.500. The smallest absolute Gasteiger partial charge is 0.318 e. The summed E-state index contributed by atoms with van der Waals surface area (Å²) >= 11 is 0. The number of rotatable bonds is 6. The lowest BCUT2D eigenvalue weighted by molar-refractivity contribution is -0.147. The molecule has 0 aromatic heterocycles. The number of urea groups is 1. The van der Waals surface area contributed by atoms with E-state index in [4.69, 9.17) is 0 Å². The Morgan fingerprint density at radius 1 is 1.07 bits per heavy atom. The van der Waals surface area contributed by atoms with Crippen LogP contribution < -0.4 is 16.0 Å². The first kappa shape index (κ1) is 28.8. The molecule has 1 aromatic carbocycles. The Morgan fingerprint density at radius 3 is 2.33 bits per heavy atom. The molecule has 9 heteroatoms. The van der Waals surface area contributed by atoms with E-state index >= 15 is 0 Å². The molecule has 3 saturated heterocycles. The highest BCUT2D eigenvalue weighted by Crippen LogP contribution is 2.46. The summed E-state index contributed by atoms with van der Waals surface area (Å²) in [6.07, 6.45) is 8.12. The highest BCUT2D eigenvalue weighted by molar-refractivity contribution is 5.88. The largest absolute Gasteiger partial charge is 0.351 e. The van der Waals surface area contributed by atoms with E-state index in [0.717, 1.165) is 44.2 Å². The van der Waals surface area contributed by atoms with Gasteiger partial charge in [0.25, 0.3) is 0 Å². The van der Waals surface area contributed by atoms with Crippen LogP contribution in [0.15, 0.2) is 24.3 Å². The molecule has 0 radical (unpaired) electrons. The highest BCUT2D eigenvalue weighted by Gasteiger charge is 2.49. The van der Waals surface area contributed by atoms with Crippen LogP contribution in [0.5, 0.6) is 0 Å². The van der Waals surface area contributed by atoms with E-state index in [2.05, 4.69) is 16.0 Å². The van der Waals surface area contributed by atoms with Crippen molar-refractivity contribution in [2.24, 2.45) is 11.3 Å². The van der Waals surface area contributed by atoms with Crippen molar-refractivity contribution in [1.82, 2.24) is 25.8 Å². The number of likely N-dealkylation sites (tertiary alicyclic amines) is 2. The number of fused-ring (bicyclic) bond motifs is 2. The number of halogens is 1. The van der Waals surface area contributed by atoms with E-state index in [1.165, 1.54) is 18.6 Å². The molecule has 3 atom stereocenters. The first-order valence-electron chi connectivity index (χ1n) is 15.2. The van der Waals surface area contributed by atoms with Crippen LogP contribution in [0.2, 0.25) is 0 Å². The van der Waals surface area contributed by atoms with Gasteiger partial charge in [0.2, 0.25) is 11.8 Å². The highest BCUT2D eigenvalue weighted by atomic mass is 19.1. The molecule has 3 aliphatic heterocycles. The van der Waals surface area contributed by atoms with Gasteiger partial charge < -0.3 is 25.8 Å². The van der Waals surface area contributed by atoms with Crippen molar-refractivity contribution in [2.75, 3.05) is 26.2 Å². The second-order valence-electron chi connectivity index (χ2n) is 13.5. The Labute approximate surface area is 237 Å². The summed E-state index contributed by atoms with van der Waals surface area (Å²) in [5, 5.41) is 9.70. The topological polar surface area (TPSA) is 93.8 Å². The van der Waals surface area contributed by atoms with E-state index in [-0.39, 0.29) is 35.2 Å². The number of piperazine rings is 1. The fourth-order valence-electron chi connectivity index (χ4n) is 7.39. The molecular weight excluding hydrogens is 509 g/mol. The van der Waals surface area contributed by atoms with Gasteiger partial charge in [-0.15, -0.1) is 0 Å². The van der Waals surface area contributed by atoms with Crippen molar-refractivity contribution in [2.45, 2.75) is 102 Å². The van der Waals surface area contributed by atoms with E-state index in [9.17, 15) is 18.8 Å². The lowest BCUT2D eigenvalue weighted by Crippen LogP contribution is -2.60. The van der Waals surface area contributed by atoms with E-state index in [0.29, 0.717) is 50.9 Å². The Morgan fingerprint density at radius 2 is 1.75 bits per heavy atom. The molecule has 1 saturated carbocycles. The van der Waals surface area contributed by atoms with Crippen molar-refractivity contribution in [1.29, 1.82) is 0 Å². The fraction of sp³-hybridized carbons (Fsp3) is 0.710. The molecule has 8 nitrogen and oxygen atoms in total. The van der Waals surface area contributed by atoms with Crippen molar-refractivity contribution in [3.05, 3.63) is 35.6 Å². The normalized spacial score (nSPS) is 25.5. The number of amides is 4. The van der Waals surface area contributed by atoms with Gasteiger partial charge in [0.05, 0.1) is 5.41 Å². The third-order valence-electron chi connectivity index (χ3n) is 9.56. The lowest BCUT2D eigenvalue weighted by atomic mass is 9.63. The van der Waals surface area contributed by atoms with Gasteiger partial charge in [0.1, 0.15) is 11.9 Å². The summed E-state index contributed by atoms with van der Waals surface area (Å²) in [5.41, 5.74) is 0.00529. The van der Waals surface area contributed by atoms with Crippen LogP contribution in [0.25, 0.3) is 0 Å². The number of nitrogens with one attached hydrogen (secondary N) is 3. The molecule has 4 fully saturated rings. The number of benzene rings is 1. The van der Waals surface area contributed by atoms with Gasteiger partial charge in [-0.2, -0.15) is 0 Å². The van der Waals surface area contributed by atoms with Gasteiger partial charge in [-0.3, -0.25) is 9.59 Å². The van der Waals surface area contributed by atoms with Crippen molar-refractivity contribution < 1.29 is 18.8 Å². The minimum absolute atomic E-state index is 0.118. The van der Waals surface area contributed by atoms with E-state index in [1.54, 1.807) is 12.1 Å². The summed E-state index contributed by atoms with van der Waals surface area (Å²) in [6, 6.07) is 5.61. The first-order valence-corrected chi connectivity index (χ1v) is 15.2. The van der Waals surface area contributed by atoms with Gasteiger partial charge in [-0.1, -0.05) is 31.4 Å². The first-order chi connectivity index (χ1) is 19.0. The monoisotopic (exact) mass is 555 g/mol. The maximum atomic E-state index is 14.0. The van der Waals surface area contributed by atoms with Crippen LogP contribution in [0.1, 0.15) is 77.7 Å². The van der Waals surface area contributed by atoms with Gasteiger partial charge in [0.15, 0.2) is 0 Å². The second-order valence-corrected chi connectivity index (χ2v) is 13.5. The van der Waals surface area contributed by atoms with Gasteiger partial charge in [0, 0.05) is 50.2 Å². The van der Waals surface area contributed by atoms with Gasteiger partial charge in [-0.05, 0) is 76.5 Å². The van der Waals surface area contributed by atoms with Crippen LogP contribution in [0, 0.1) is 17.2 Å². The maximum absolute atomic E-state index is 14.0. The molecule has 2 bridgehead atoms. The summed E-state index contributed by atoms with van der Waals surface area (Å²) in [4.78, 5) is 44.7. The summed E-state index contributed by atoms with van der Waals surface area (Å²) in [6.45, 7) is 8.45. The molecule has 220 valence electrons. The minimum atomic E-state index is -0.754. The van der Waals surface area contributed by atoms with Crippen LogP contribution in [0.4, 0.5) is 9.18 Å². The number of carbonyl (C=O) groups excluding carboxylic acids is 3. The molecule has 40 heavy (non-hydrogen) atoms. The number of piperidine rings is 1. The Bertz CT molecular complexity index is 1070. The van der Waals surface area contributed by atoms with Crippen LogP contribution in [-0.2, 0) is 16.0 Å². The van der Waals surface area contributed by atoms with Crippen molar-refractivity contribution >= 4 is 17.8 Å². The molecule has 5 rings (SSSR count). The number of hydrogen-bond donors (Lipinski definition) is 3. The predicted molar refractivity (Wildman–Crippen MR) is 152 cm³/mol. The molecule has 1 aliphatic carbocycles. The number of carbonyl (C=O) groups is 3. The molecule has 4 aliphatic rings. The predicted octanol–water partition coefficient (Wildman–Crippen LogP) is 3.60. The minimum Gasteiger partial charge on any atom is -0.351 e. The summed E-state index contributed by atoms with van der Waals surface area (Å²) in [5.74, 6) is -0.0175. The molecule has 1 aromatic rings. The fourth-order valence-corrected chi connectivity index (χ4v) is 7.39. The average molecular weight is 556 g/mol. The zero-order valence-corrected chi connectivity index (χ0v) is 24.3. The third-order valence-corrected chi connectivity index (χ3v) is 9.56. The standard InChI is InChI=1S/C31H46FN5O3/c1-30(2,3)35-28(39)31(22-7-5-4-6-8-22)13-15-36(16-14-31)27(38)26(17-21-9-11-23(32)12-10-21)34-29(40)37-20-24-18-25(37)19-33-24/h9-12,22,24-26,33H,4-8,13-20H2,1-3H3,(H,34,40)(H,35,39)/t24?,25?,26-/m1/s1. The summed E-state index contributed by atoms with van der Waals surface area (Å²) < 4.78 is 13.6. The Balaban J connectivity index is 1.31. The van der Waals surface area contributed by atoms with Gasteiger partial charge >= 0.3 is 6.03 Å². The van der Waals surface area contributed by atoms with Crippen LogP contribution in [-0.4, -0.2) is 77.5 Å². The van der Waals surface area contributed by atoms with Gasteiger partial charge in [-0.25, -0.2) is 9.18 Å². The van der Waals surface area contributed by atoms with Crippen LogP contribution >= 0.6 is 0 Å². The van der Waals surface area contributed by atoms with E-state index in [1.807, 2.05) is 30.6 Å².